The van der Waals surface area contributed by atoms with E-state index in [4.69, 9.17) is 20.5 Å². The van der Waals surface area contributed by atoms with E-state index >= 15 is 0 Å². The number of ether oxygens (including phenoxy) is 2. The quantitative estimate of drug-likeness (QED) is 0.123. The first-order valence-corrected chi connectivity index (χ1v) is 12.7. The van der Waals surface area contributed by atoms with Crippen LogP contribution in [0.3, 0.4) is 0 Å². The summed E-state index contributed by atoms with van der Waals surface area (Å²) in [5, 5.41) is 61.8. The van der Waals surface area contributed by atoms with Crippen LogP contribution in [0.1, 0.15) is 68.8 Å². The fourth-order valence-electron chi connectivity index (χ4n) is 5.78. The van der Waals surface area contributed by atoms with Crippen molar-refractivity contribution in [1.29, 1.82) is 0 Å². The van der Waals surface area contributed by atoms with Gasteiger partial charge in [0.1, 0.15) is 22.8 Å². The van der Waals surface area contributed by atoms with E-state index in [-0.39, 0.29) is 35.2 Å². The summed E-state index contributed by atoms with van der Waals surface area (Å²) in [5.41, 5.74) is 13.3. The van der Waals surface area contributed by atoms with E-state index in [9.17, 15) is 39.9 Å². The topological polar surface area (TPSA) is 268 Å². The van der Waals surface area contributed by atoms with Gasteiger partial charge in [-0.2, -0.15) is 0 Å². The zero-order valence-electron chi connectivity index (χ0n) is 21.9. The Morgan fingerprint density at radius 2 is 1.83 bits per heavy atom. The molecule has 2 aromatic rings. The van der Waals surface area contributed by atoms with Gasteiger partial charge in [0.15, 0.2) is 17.9 Å². The minimum Gasteiger partial charge on any atom is -0.507 e. The SMILES string of the molecule is CC(=O)[C@]1(O)Cc2c(O)c3c(c(O)c2C(O[C@H]2CC(N=[N+]=[N-])C(O)[C@@H](CN=[N+]=[N-])O2)C1)C(=O)c1c(O)cccc1C3=O. The molecule has 3 unspecified atom stereocenters. The normalized spacial score (nSPS) is 28.0. The van der Waals surface area contributed by atoms with E-state index in [2.05, 4.69) is 20.1 Å². The molecule has 5 N–H and O–H groups in total. The number of nitrogens with zero attached hydrogens (tertiary/aromatic N) is 6. The number of fused-ring (bicyclic) bond motifs is 3. The Labute approximate surface area is 236 Å². The van der Waals surface area contributed by atoms with Gasteiger partial charge in [-0.25, -0.2) is 0 Å². The number of rotatable bonds is 6. The Morgan fingerprint density at radius 3 is 2.50 bits per heavy atom. The summed E-state index contributed by atoms with van der Waals surface area (Å²) in [6.07, 6.45) is -6.59. The predicted molar refractivity (Wildman–Crippen MR) is 139 cm³/mol. The van der Waals surface area contributed by atoms with E-state index < -0.39 is 94.8 Å². The number of hydrogen-bond acceptors (Lipinski definition) is 12. The monoisotopic (exact) mass is 580 g/mol. The molecular formula is C26H24N6O10. The van der Waals surface area contributed by atoms with Gasteiger partial charge in [0, 0.05) is 45.8 Å². The van der Waals surface area contributed by atoms with Crippen LogP contribution in [0, 0.1) is 0 Å². The number of carbonyl (C=O) groups excluding carboxylic acids is 3. The Kier molecular flexibility index (Phi) is 7.28. The van der Waals surface area contributed by atoms with Crippen LogP contribution in [0.5, 0.6) is 17.2 Å². The van der Waals surface area contributed by atoms with Crippen LogP contribution >= 0.6 is 0 Å². The van der Waals surface area contributed by atoms with Crippen LogP contribution in [-0.2, 0) is 20.7 Å². The number of Topliss-reactive ketones (excluding diaryl/α,β-unsaturated/α-hetero) is 1. The molecule has 218 valence electrons. The molecule has 1 heterocycles. The van der Waals surface area contributed by atoms with Crippen LogP contribution in [-0.4, -0.2) is 79.6 Å². The van der Waals surface area contributed by atoms with Crippen molar-refractivity contribution in [2.24, 2.45) is 10.2 Å². The summed E-state index contributed by atoms with van der Waals surface area (Å²) in [7, 11) is 0. The maximum absolute atomic E-state index is 13.5. The molecule has 16 heteroatoms. The van der Waals surface area contributed by atoms with Gasteiger partial charge in [0.25, 0.3) is 0 Å². The summed E-state index contributed by atoms with van der Waals surface area (Å²) in [5.74, 6) is -4.59. The van der Waals surface area contributed by atoms with Crippen molar-refractivity contribution < 1.29 is 49.4 Å². The summed E-state index contributed by atoms with van der Waals surface area (Å²) in [4.78, 5) is 44.8. The molecule has 0 bridgehead atoms. The highest BCUT2D eigenvalue weighted by Crippen LogP contribution is 2.52. The Bertz CT molecular complexity index is 1630. The molecular weight excluding hydrogens is 556 g/mol. The van der Waals surface area contributed by atoms with E-state index in [1.165, 1.54) is 18.2 Å². The zero-order chi connectivity index (χ0) is 30.5. The summed E-state index contributed by atoms with van der Waals surface area (Å²) >= 11 is 0. The number of aromatic hydroxyl groups is 3. The first-order chi connectivity index (χ1) is 19.9. The van der Waals surface area contributed by atoms with Crippen LogP contribution in [0.15, 0.2) is 28.4 Å². The van der Waals surface area contributed by atoms with Gasteiger partial charge in [-0.1, -0.05) is 22.4 Å². The number of carbonyl (C=O) groups is 3. The lowest BCUT2D eigenvalue weighted by atomic mass is 9.72. The molecule has 1 fully saturated rings. The molecule has 0 amide bonds. The molecule has 6 atom stereocenters. The van der Waals surface area contributed by atoms with E-state index in [0.717, 1.165) is 6.92 Å². The molecule has 0 aromatic heterocycles. The molecule has 1 aliphatic heterocycles. The number of phenols is 3. The molecule has 0 saturated carbocycles. The average molecular weight is 581 g/mol. The number of phenolic OH excluding ortho intramolecular Hbond substituents is 3. The third-order valence-corrected chi connectivity index (χ3v) is 7.90. The highest BCUT2D eigenvalue weighted by molar-refractivity contribution is 6.31. The maximum atomic E-state index is 13.5. The third kappa shape index (κ3) is 4.48. The minimum absolute atomic E-state index is 0.209. The second-order valence-electron chi connectivity index (χ2n) is 10.3. The fourth-order valence-corrected chi connectivity index (χ4v) is 5.78. The number of ketones is 3. The molecule has 42 heavy (non-hydrogen) atoms. The molecule has 0 spiro atoms. The second-order valence-corrected chi connectivity index (χ2v) is 10.3. The first kappa shape index (κ1) is 28.8. The predicted octanol–water partition coefficient (Wildman–Crippen LogP) is 2.37. The summed E-state index contributed by atoms with van der Waals surface area (Å²) < 4.78 is 11.8. The zero-order valence-corrected chi connectivity index (χ0v) is 21.9. The van der Waals surface area contributed by atoms with E-state index in [1.807, 2.05) is 0 Å². The van der Waals surface area contributed by atoms with E-state index in [0.29, 0.717) is 0 Å². The third-order valence-electron chi connectivity index (χ3n) is 7.90. The standard InChI is InChI=1S/C26H24N6O10/c1-9(33)26(40)6-11-18(14(7-26)41-16-5-12(30-32-28)23(37)15(42-16)8-29-31-27)25(39)20-19(22(11)36)21(35)10-3-2-4-13(34)17(10)24(20)38/h2-4,12,14-16,23,34,36-37,39-40H,5-8H2,1H3/t12?,14?,15-,16-,23?,26+/m1/s1. The van der Waals surface area contributed by atoms with Crippen LogP contribution in [0.2, 0.25) is 0 Å². The summed E-state index contributed by atoms with van der Waals surface area (Å²) in [6, 6.07) is 2.68. The lowest BCUT2D eigenvalue weighted by Crippen LogP contribution is -2.51. The van der Waals surface area contributed by atoms with Gasteiger partial charge in [0.05, 0.1) is 47.6 Å². The molecule has 16 nitrogen and oxygen atoms in total. The van der Waals surface area contributed by atoms with E-state index in [1.54, 1.807) is 0 Å². The summed E-state index contributed by atoms with van der Waals surface area (Å²) in [6.45, 7) is 0.735. The highest BCUT2D eigenvalue weighted by atomic mass is 16.7. The van der Waals surface area contributed by atoms with Crippen molar-refractivity contribution in [3.8, 4) is 17.2 Å². The first-order valence-electron chi connectivity index (χ1n) is 12.7. The average Bonchev–Trinajstić information content (AvgIpc) is 2.94. The van der Waals surface area contributed by atoms with Crippen LogP contribution < -0.4 is 0 Å². The second kappa shape index (κ2) is 10.6. The molecule has 1 saturated heterocycles. The van der Waals surface area contributed by atoms with Gasteiger partial charge in [-0.15, -0.1) is 0 Å². The maximum Gasteiger partial charge on any atom is 0.202 e. The molecule has 0 radical (unpaired) electrons. The van der Waals surface area contributed by atoms with Crippen molar-refractivity contribution in [3.63, 3.8) is 0 Å². The minimum atomic E-state index is -2.14. The smallest absolute Gasteiger partial charge is 0.202 e. The largest absolute Gasteiger partial charge is 0.507 e. The van der Waals surface area contributed by atoms with Crippen LogP contribution in [0.25, 0.3) is 20.9 Å². The number of aliphatic hydroxyl groups excluding tert-OH is 1. The number of benzene rings is 2. The Hall–Kier alpha value is -4.69. The molecule has 3 aliphatic rings. The Morgan fingerprint density at radius 1 is 1.12 bits per heavy atom. The van der Waals surface area contributed by atoms with Crippen molar-refractivity contribution in [2.45, 2.75) is 62.4 Å². The molecule has 2 aliphatic carbocycles. The fraction of sp³-hybridized carbons (Fsp3) is 0.423. The van der Waals surface area contributed by atoms with Crippen molar-refractivity contribution in [2.75, 3.05) is 6.54 Å². The molecule has 2 aromatic carbocycles. The molecule has 5 rings (SSSR count). The van der Waals surface area contributed by atoms with Crippen molar-refractivity contribution in [3.05, 3.63) is 72.5 Å². The number of azide groups is 2. The van der Waals surface area contributed by atoms with Gasteiger partial charge >= 0.3 is 0 Å². The van der Waals surface area contributed by atoms with Gasteiger partial charge in [0.2, 0.25) is 5.78 Å². The van der Waals surface area contributed by atoms with Crippen molar-refractivity contribution >= 4 is 17.3 Å². The number of aliphatic hydroxyl groups is 2. The lowest BCUT2D eigenvalue weighted by molar-refractivity contribution is -0.248. The lowest BCUT2D eigenvalue weighted by Gasteiger charge is -2.42. The van der Waals surface area contributed by atoms with Crippen LogP contribution in [0.4, 0.5) is 0 Å². The Balaban J connectivity index is 1.64. The van der Waals surface area contributed by atoms with Gasteiger partial charge in [-0.3, -0.25) is 14.4 Å². The van der Waals surface area contributed by atoms with Gasteiger partial charge in [-0.05, 0) is 24.1 Å². The van der Waals surface area contributed by atoms with Gasteiger partial charge < -0.3 is 35.0 Å². The highest BCUT2D eigenvalue weighted by Gasteiger charge is 2.49. The van der Waals surface area contributed by atoms with Crippen molar-refractivity contribution in [1.82, 2.24) is 0 Å². The number of hydrogen-bond donors (Lipinski definition) is 5.